The van der Waals surface area contributed by atoms with E-state index in [2.05, 4.69) is 12.2 Å². The van der Waals surface area contributed by atoms with Crippen LogP contribution in [0, 0.1) is 5.41 Å². The fourth-order valence-corrected chi connectivity index (χ4v) is 2.20. The minimum absolute atomic E-state index is 0.0380. The van der Waals surface area contributed by atoms with E-state index in [9.17, 15) is 9.59 Å². The summed E-state index contributed by atoms with van der Waals surface area (Å²) < 4.78 is 0. The van der Waals surface area contributed by atoms with Crippen molar-refractivity contribution in [3.8, 4) is 0 Å². The number of carbonyl (C=O) groups excluding carboxylic acids is 2. The maximum atomic E-state index is 12.1. The summed E-state index contributed by atoms with van der Waals surface area (Å²) in [4.78, 5) is 23.3. The molecule has 3 heteroatoms. The molecule has 1 aliphatic rings. The summed E-state index contributed by atoms with van der Waals surface area (Å²) in [5.74, 6) is 0.220. The van der Waals surface area contributed by atoms with E-state index >= 15 is 0 Å². The maximum absolute atomic E-state index is 12.1. The molecule has 0 radical (unpaired) electrons. The fraction of sp³-hybridized carbons (Fsp3) is 0.867. The highest BCUT2D eigenvalue weighted by molar-refractivity contribution is 5.94. The lowest BCUT2D eigenvalue weighted by Gasteiger charge is -2.30. The molecule has 1 aliphatic carbocycles. The second kappa shape index (κ2) is 6.91. The van der Waals surface area contributed by atoms with E-state index in [4.69, 9.17) is 0 Å². The van der Waals surface area contributed by atoms with Gasteiger partial charge < -0.3 is 5.32 Å². The van der Waals surface area contributed by atoms with Gasteiger partial charge in [-0.25, -0.2) is 0 Å². The molecular formula is C15H27NO2. The van der Waals surface area contributed by atoms with Crippen LogP contribution < -0.4 is 5.32 Å². The van der Waals surface area contributed by atoms with Crippen LogP contribution in [0.1, 0.15) is 72.1 Å². The molecule has 0 aromatic rings. The van der Waals surface area contributed by atoms with Gasteiger partial charge in [0.15, 0.2) is 5.78 Å². The highest BCUT2D eigenvalue weighted by Gasteiger charge is 2.34. The fourth-order valence-electron chi connectivity index (χ4n) is 2.20. The van der Waals surface area contributed by atoms with Crippen LogP contribution in [0.15, 0.2) is 0 Å². The zero-order chi connectivity index (χ0) is 13.6. The Bertz CT molecular complexity index is 297. The number of hydrogen-bond acceptors (Lipinski definition) is 2. The van der Waals surface area contributed by atoms with Gasteiger partial charge in [-0.05, 0) is 12.8 Å². The Kier molecular flexibility index (Phi) is 5.83. The average molecular weight is 253 g/mol. The molecular weight excluding hydrogens is 226 g/mol. The molecule has 0 aliphatic heterocycles. The molecule has 104 valence electrons. The monoisotopic (exact) mass is 253 g/mol. The number of Topliss-reactive ketones (excluding diaryl/α,β-unsaturated/α-hetero) is 1. The van der Waals surface area contributed by atoms with Gasteiger partial charge in [0.2, 0.25) is 5.91 Å². The first-order chi connectivity index (χ1) is 8.47. The first-order valence-corrected chi connectivity index (χ1v) is 7.31. The lowest BCUT2D eigenvalue weighted by molar-refractivity contribution is -0.136. The van der Waals surface area contributed by atoms with Gasteiger partial charge in [-0.2, -0.15) is 0 Å². The number of carbonyl (C=O) groups is 2. The molecule has 1 amide bonds. The van der Waals surface area contributed by atoms with Crippen molar-refractivity contribution in [1.29, 1.82) is 0 Å². The van der Waals surface area contributed by atoms with Crippen molar-refractivity contribution in [3.63, 3.8) is 0 Å². The zero-order valence-electron chi connectivity index (χ0n) is 12.1. The Morgan fingerprint density at radius 3 is 2.44 bits per heavy atom. The molecule has 0 unspecified atom stereocenters. The largest absolute Gasteiger partial charge is 0.346 e. The lowest BCUT2D eigenvalue weighted by Crippen LogP contribution is -2.51. The van der Waals surface area contributed by atoms with Crippen molar-refractivity contribution in [1.82, 2.24) is 5.32 Å². The van der Waals surface area contributed by atoms with Gasteiger partial charge in [-0.1, -0.05) is 52.9 Å². The number of rotatable bonds is 8. The minimum atomic E-state index is -0.345. The third kappa shape index (κ3) is 4.43. The van der Waals surface area contributed by atoms with E-state index < -0.39 is 0 Å². The van der Waals surface area contributed by atoms with E-state index in [0.29, 0.717) is 6.42 Å². The summed E-state index contributed by atoms with van der Waals surface area (Å²) in [5.41, 5.74) is -0.345. The SMILES string of the molecule is CCCCCCCC(C)(C)C(=O)N[C@H]1CCC1=O. The van der Waals surface area contributed by atoms with Crippen molar-refractivity contribution in [2.75, 3.05) is 0 Å². The summed E-state index contributed by atoms with van der Waals surface area (Å²) in [5, 5.41) is 2.87. The third-order valence-corrected chi connectivity index (χ3v) is 3.89. The molecule has 0 bridgehead atoms. The van der Waals surface area contributed by atoms with E-state index in [-0.39, 0.29) is 23.1 Å². The van der Waals surface area contributed by atoms with Gasteiger partial charge in [0.1, 0.15) is 0 Å². The first kappa shape index (κ1) is 15.2. The standard InChI is InChI=1S/C15H27NO2/c1-4-5-6-7-8-11-15(2,3)14(18)16-12-9-10-13(12)17/h12H,4-11H2,1-3H3,(H,16,18)/t12-/m0/s1. The third-order valence-electron chi connectivity index (χ3n) is 3.89. The zero-order valence-corrected chi connectivity index (χ0v) is 12.1. The summed E-state index contributed by atoms with van der Waals surface area (Å²) in [7, 11) is 0. The number of unbranched alkanes of at least 4 members (excludes halogenated alkanes) is 4. The summed E-state index contributed by atoms with van der Waals surface area (Å²) in [6.45, 7) is 6.16. The Morgan fingerprint density at radius 2 is 1.94 bits per heavy atom. The number of hydrogen-bond donors (Lipinski definition) is 1. The second-order valence-electron chi connectivity index (χ2n) is 6.08. The van der Waals surface area contributed by atoms with Crippen molar-refractivity contribution in [2.24, 2.45) is 5.41 Å². The molecule has 1 saturated carbocycles. The predicted octanol–water partition coefficient (Wildman–Crippen LogP) is 3.22. The molecule has 0 heterocycles. The molecule has 18 heavy (non-hydrogen) atoms. The topological polar surface area (TPSA) is 46.2 Å². The van der Waals surface area contributed by atoms with Crippen LogP contribution in [0.3, 0.4) is 0 Å². The smallest absolute Gasteiger partial charge is 0.226 e. The van der Waals surface area contributed by atoms with Crippen LogP contribution in [-0.2, 0) is 9.59 Å². The van der Waals surface area contributed by atoms with Gasteiger partial charge in [-0.3, -0.25) is 9.59 Å². The predicted molar refractivity (Wildman–Crippen MR) is 73.3 cm³/mol. The Morgan fingerprint density at radius 1 is 1.28 bits per heavy atom. The minimum Gasteiger partial charge on any atom is -0.346 e. The maximum Gasteiger partial charge on any atom is 0.226 e. The highest BCUT2D eigenvalue weighted by atomic mass is 16.2. The van der Waals surface area contributed by atoms with Crippen molar-refractivity contribution < 1.29 is 9.59 Å². The van der Waals surface area contributed by atoms with Gasteiger partial charge in [-0.15, -0.1) is 0 Å². The quantitative estimate of drug-likeness (QED) is 0.675. The van der Waals surface area contributed by atoms with Crippen LogP contribution >= 0.6 is 0 Å². The molecule has 3 nitrogen and oxygen atoms in total. The molecule has 0 aromatic carbocycles. The van der Waals surface area contributed by atoms with Crippen LogP contribution in [0.25, 0.3) is 0 Å². The van der Waals surface area contributed by atoms with E-state index in [1.54, 1.807) is 0 Å². The molecule has 0 spiro atoms. The number of amides is 1. The van der Waals surface area contributed by atoms with E-state index in [1.807, 2.05) is 13.8 Å². The molecule has 1 atom stereocenters. The molecule has 0 aromatic heterocycles. The number of ketones is 1. The molecule has 1 rings (SSSR count). The average Bonchev–Trinajstić information content (AvgIpc) is 2.33. The summed E-state index contributed by atoms with van der Waals surface area (Å²) >= 11 is 0. The van der Waals surface area contributed by atoms with Crippen LogP contribution in [0.5, 0.6) is 0 Å². The van der Waals surface area contributed by atoms with Gasteiger partial charge in [0.05, 0.1) is 6.04 Å². The molecule has 1 fully saturated rings. The van der Waals surface area contributed by atoms with Crippen molar-refractivity contribution in [3.05, 3.63) is 0 Å². The van der Waals surface area contributed by atoms with E-state index in [1.165, 1.54) is 25.7 Å². The lowest BCUT2D eigenvalue weighted by atomic mass is 9.83. The van der Waals surface area contributed by atoms with E-state index in [0.717, 1.165) is 19.3 Å². The van der Waals surface area contributed by atoms with Crippen LogP contribution in [0.2, 0.25) is 0 Å². The molecule has 0 saturated heterocycles. The van der Waals surface area contributed by atoms with Crippen LogP contribution in [0.4, 0.5) is 0 Å². The Labute approximate surface area is 111 Å². The van der Waals surface area contributed by atoms with Crippen LogP contribution in [-0.4, -0.2) is 17.7 Å². The Hall–Kier alpha value is -0.860. The highest BCUT2D eigenvalue weighted by Crippen LogP contribution is 2.26. The number of nitrogens with one attached hydrogen (secondary N) is 1. The van der Waals surface area contributed by atoms with Crippen molar-refractivity contribution in [2.45, 2.75) is 78.2 Å². The second-order valence-corrected chi connectivity index (χ2v) is 6.08. The van der Waals surface area contributed by atoms with Gasteiger partial charge in [0.25, 0.3) is 0 Å². The summed E-state index contributed by atoms with van der Waals surface area (Å²) in [6, 6.07) is -0.197. The van der Waals surface area contributed by atoms with Crippen molar-refractivity contribution >= 4 is 11.7 Å². The molecule has 1 N–H and O–H groups in total. The van der Waals surface area contributed by atoms with Gasteiger partial charge >= 0.3 is 0 Å². The first-order valence-electron chi connectivity index (χ1n) is 7.31. The summed E-state index contributed by atoms with van der Waals surface area (Å²) in [6.07, 6.45) is 8.43. The Balaban J connectivity index is 2.23. The van der Waals surface area contributed by atoms with Gasteiger partial charge in [0, 0.05) is 11.8 Å². The normalized spacial score (nSPS) is 19.5.